The first-order chi connectivity index (χ1) is 13.2. The van der Waals surface area contributed by atoms with Crippen LogP contribution >= 0.6 is 0 Å². The van der Waals surface area contributed by atoms with Crippen LogP contribution in [0.1, 0.15) is 21.5 Å². The largest absolute Gasteiger partial charge is 0.416 e. The lowest BCUT2D eigenvalue weighted by Crippen LogP contribution is -2.29. The Labute approximate surface area is 157 Å². The molecule has 0 saturated heterocycles. The number of halogens is 4. The van der Waals surface area contributed by atoms with E-state index in [2.05, 4.69) is 5.32 Å². The molecule has 0 aliphatic rings. The number of hydrogen-bond donors (Lipinski definition) is 1. The van der Waals surface area contributed by atoms with Gasteiger partial charge in [0, 0.05) is 11.9 Å². The Bertz CT molecular complexity index is 1070. The fourth-order valence-electron chi connectivity index (χ4n) is 2.64. The molecule has 144 valence electrons. The van der Waals surface area contributed by atoms with Crippen molar-refractivity contribution in [1.82, 2.24) is 4.57 Å². The zero-order valence-electron chi connectivity index (χ0n) is 14.3. The monoisotopic (exact) mass is 390 g/mol. The Balaban J connectivity index is 1.84. The lowest BCUT2D eigenvalue weighted by atomic mass is 10.1. The molecule has 0 fully saturated rings. The first kappa shape index (κ1) is 19.3. The highest BCUT2D eigenvalue weighted by Gasteiger charge is 2.30. The topological polar surface area (TPSA) is 51.1 Å². The second kappa shape index (κ2) is 7.67. The van der Waals surface area contributed by atoms with Gasteiger partial charge in [-0.2, -0.15) is 13.2 Å². The molecule has 0 aliphatic heterocycles. The van der Waals surface area contributed by atoms with Crippen LogP contribution in [-0.4, -0.2) is 10.5 Å². The van der Waals surface area contributed by atoms with Crippen LogP contribution in [0.15, 0.2) is 71.7 Å². The Kier molecular flexibility index (Phi) is 5.30. The maximum atomic E-state index is 13.3. The van der Waals surface area contributed by atoms with Gasteiger partial charge in [0.15, 0.2) is 0 Å². The van der Waals surface area contributed by atoms with Crippen LogP contribution in [0.5, 0.6) is 0 Å². The third-order valence-electron chi connectivity index (χ3n) is 3.95. The van der Waals surface area contributed by atoms with Gasteiger partial charge in [-0.05, 0) is 48.0 Å². The van der Waals surface area contributed by atoms with Gasteiger partial charge < -0.3 is 9.88 Å². The fourth-order valence-corrected chi connectivity index (χ4v) is 2.64. The highest BCUT2D eigenvalue weighted by Crippen LogP contribution is 2.30. The van der Waals surface area contributed by atoms with E-state index >= 15 is 0 Å². The molecule has 4 nitrogen and oxygen atoms in total. The highest BCUT2D eigenvalue weighted by molar-refractivity contribution is 6.04. The lowest BCUT2D eigenvalue weighted by molar-refractivity contribution is -0.137. The summed E-state index contributed by atoms with van der Waals surface area (Å²) in [6.07, 6.45) is -3.11. The van der Waals surface area contributed by atoms with E-state index in [0.29, 0.717) is 5.56 Å². The molecule has 0 unspecified atom stereocenters. The molecule has 0 radical (unpaired) electrons. The number of rotatable bonds is 4. The van der Waals surface area contributed by atoms with E-state index in [4.69, 9.17) is 0 Å². The van der Waals surface area contributed by atoms with Crippen molar-refractivity contribution in [3.63, 3.8) is 0 Å². The number of nitrogens with one attached hydrogen (secondary N) is 1. The molecule has 2 aromatic carbocycles. The predicted molar refractivity (Wildman–Crippen MR) is 95.6 cm³/mol. The number of benzene rings is 2. The highest BCUT2D eigenvalue weighted by atomic mass is 19.4. The van der Waals surface area contributed by atoms with E-state index in [1.807, 2.05) is 0 Å². The molecule has 3 aromatic rings. The molecule has 1 N–H and O–H groups in total. The zero-order chi connectivity index (χ0) is 20.3. The number of nitrogens with zero attached hydrogens (tertiary/aromatic N) is 1. The maximum Gasteiger partial charge on any atom is 0.416 e. The van der Waals surface area contributed by atoms with Crippen molar-refractivity contribution in [2.45, 2.75) is 12.7 Å². The van der Waals surface area contributed by atoms with E-state index in [0.717, 1.165) is 18.2 Å². The quantitative estimate of drug-likeness (QED) is 0.675. The summed E-state index contributed by atoms with van der Waals surface area (Å²) in [6, 6.07) is 12.5. The molecular weight excluding hydrogens is 376 g/mol. The summed E-state index contributed by atoms with van der Waals surface area (Å²) >= 11 is 0. The number of amides is 1. The third kappa shape index (κ3) is 4.46. The summed E-state index contributed by atoms with van der Waals surface area (Å²) < 4.78 is 52.9. The van der Waals surface area contributed by atoms with Crippen LogP contribution in [0.4, 0.5) is 23.2 Å². The van der Waals surface area contributed by atoms with Crippen molar-refractivity contribution in [2.24, 2.45) is 0 Å². The first-order valence-corrected chi connectivity index (χ1v) is 8.16. The second-order valence-corrected chi connectivity index (χ2v) is 6.02. The van der Waals surface area contributed by atoms with Gasteiger partial charge in [0.1, 0.15) is 11.4 Å². The molecule has 8 heteroatoms. The third-order valence-corrected chi connectivity index (χ3v) is 3.95. The summed E-state index contributed by atoms with van der Waals surface area (Å²) in [5.74, 6) is -1.29. The van der Waals surface area contributed by atoms with Crippen molar-refractivity contribution in [2.75, 3.05) is 5.32 Å². The standard InChI is InChI=1S/C20H14F4N2O2/c21-15-6-1-4-13(10-15)12-26-9-3-8-17(19(26)28)18(27)25-16-7-2-5-14(11-16)20(22,23)24/h1-11H,12H2,(H,25,27). The molecule has 1 amide bonds. The Morgan fingerprint density at radius 1 is 1.00 bits per heavy atom. The van der Waals surface area contributed by atoms with E-state index in [-0.39, 0.29) is 17.8 Å². The average Bonchev–Trinajstić information content (AvgIpc) is 2.63. The molecule has 1 heterocycles. The van der Waals surface area contributed by atoms with Crippen LogP contribution in [0.2, 0.25) is 0 Å². The summed E-state index contributed by atoms with van der Waals surface area (Å²) in [6.45, 7) is 0.0429. The minimum absolute atomic E-state index is 0.0429. The Hall–Kier alpha value is -3.42. The number of aromatic nitrogens is 1. The van der Waals surface area contributed by atoms with Gasteiger partial charge in [-0.1, -0.05) is 18.2 Å². The van der Waals surface area contributed by atoms with Gasteiger partial charge in [-0.25, -0.2) is 4.39 Å². The van der Waals surface area contributed by atoms with Gasteiger partial charge in [-0.15, -0.1) is 0 Å². The van der Waals surface area contributed by atoms with Crippen LogP contribution in [-0.2, 0) is 12.7 Å². The smallest absolute Gasteiger partial charge is 0.322 e. The number of carbonyl (C=O) groups is 1. The summed E-state index contributed by atoms with van der Waals surface area (Å²) in [4.78, 5) is 24.9. The lowest BCUT2D eigenvalue weighted by Gasteiger charge is -2.11. The van der Waals surface area contributed by atoms with E-state index in [9.17, 15) is 27.2 Å². The summed E-state index contributed by atoms with van der Waals surface area (Å²) in [7, 11) is 0. The molecule has 0 aliphatic carbocycles. The Morgan fingerprint density at radius 2 is 1.75 bits per heavy atom. The normalized spacial score (nSPS) is 11.3. The molecule has 28 heavy (non-hydrogen) atoms. The number of carbonyl (C=O) groups excluding carboxylic acids is 1. The van der Waals surface area contributed by atoms with E-state index < -0.39 is 29.0 Å². The van der Waals surface area contributed by atoms with Gasteiger partial charge >= 0.3 is 6.18 Å². The number of alkyl halides is 3. The van der Waals surface area contributed by atoms with E-state index in [1.54, 1.807) is 6.07 Å². The second-order valence-electron chi connectivity index (χ2n) is 6.02. The molecule has 0 spiro atoms. The fraction of sp³-hybridized carbons (Fsp3) is 0.100. The number of pyridine rings is 1. The summed E-state index contributed by atoms with van der Waals surface area (Å²) in [5, 5.41) is 2.30. The van der Waals surface area contributed by atoms with Gasteiger partial charge in [0.2, 0.25) is 0 Å². The van der Waals surface area contributed by atoms with Crippen molar-refractivity contribution >= 4 is 11.6 Å². The SMILES string of the molecule is O=C(Nc1cccc(C(F)(F)F)c1)c1cccn(Cc2cccc(F)c2)c1=O. The Morgan fingerprint density at radius 3 is 2.46 bits per heavy atom. The van der Waals surface area contributed by atoms with Crippen molar-refractivity contribution in [3.8, 4) is 0 Å². The van der Waals surface area contributed by atoms with Gasteiger partial charge in [0.05, 0.1) is 12.1 Å². The molecule has 3 rings (SSSR count). The molecule has 0 bridgehead atoms. The molecule has 1 aromatic heterocycles. The maximum absolute atomic E-state index is 13.3. The number of hydrogen-bond acceptors (Lipinski definition) is 2. The number of anilines is 1. The van der Waals surface area contributed by atoms with Crippen LogP contribution in [0.25, 0.3) is 0 Å². The van der Waals surface area contributed by atoms with Crippen LogP contribution in [0.3, 0.4) is 0 Å². The molecular formula is C20H14F4N2O2. The van der Waals surface area contributed by atoms with Gasteiger partial charge in [0.25, 0.3) is 11.5 Å². The van der Waals surface area contributed by atoms with Crippen LogP contribution < -0.4 is 10.9 Å². The first-order valence-electron chi connectivity index (χ1n) is 8.16. The summed E-state index contributed by atoms with van der Waals surface area (Å²) in [5.41, 5.74) is -1.35. The zero-order valence-corrected chi connectivity index (χ0v) is 14.3. The van der Waals surface area contributed by atoms with Crippen molar-refractivity contribution in [1.29, 1.82) is 0 Å². The predicted octanol–water partition coefficient (Wildman–Crippen LogP) is 4.31. The van der Waals surface area contributed by atoms with E-state index in [1.165, 1.54) is 47.2 Å². The minimum atomic E-state index is -4.55. The van der Waals surface area contributed by atoms with Crippen molar-refractivity contribution in [3.05, 3.63) is 99.7 Å². The van der Waals surface area contributed by atoms with Crippen molar-refractivity contribution < 1.29 is 22.4 Å². The molecule has 0 saturated carbocycles. The molecule has 0 atom stereocenters. The van der Waals surface area contributed by atoms with Gasteiger partial charge in [-0.3, -0.25) is 9.59 Å². The average molecular weight is 390 g/mol. The van der Waals surface area contributed by atoms with Crippen LogP contribution in [0, 0.1) is 5.82 Å². The minimum Gasteiger partial charge on any atom is -0.322 e.